The third-order valence-electron chi connectivity index (χ3n) is 5.35. The zero-order valence-electron chi connectivity index (χ0n) is 16.7. The number of nitrogens with zero attached hydrogens (tertiary/aromatic N) is 3. The maximum Gasteiger partial charge on any atom is 0.257 e. The van der Waals surface area contributed by atoms with E-state index < -0.39 is 5.41 Å². The van der Waals surface area contributed by atoms with Gasteiger partial charge in [-0.25, -0.2) is 9.97 Å². The predicted molar refractivity (Wildman–Crippen MR) is 110 cm³/mol. The maximum atomic E-state index is 12.9. The summed E-state index contributed by atoms with van der Waals surface area (Å²) >= 11 is 5.91. The van der Waals surface area contributed by atoms with Crippen molar-refractivity contribution in [1.82, 2.24) is 14.9 Å². The Kier molecular flexibility index (Phi) is 6.37. The summed E-state index contributed by atoms with van der Waals surface area (Å²) in [5, 5.41) is 0.631. The summed E-state index contributed by atoms with van der Waals surface area (Å²) in [6.07, 6.45) is 3.05. The summed E-state index contributed by atoms with van der Waals surface area (Å²) in [4.78, 5) is 34.8. The highest BCUT2D eigenvalue weighted by Crippen LogP contribution is 2.36. The Morgan fingerprint density at radius 2 is 1.86 bits per heavy atom. The lowest BCUT2D eigenvalue weighted by Crippen LogP contribution is -2.47. The van der Waals surface area contributed by atoms with Gasteiger partial charge >= 0.3 is 0 Å². The summed E-state index contributed by atoms with van der Waals surface area (Å²) in [6.45, 7) is 4.99. The molecule has 0 unspecified atom stereocenters. The number of halogens is 1. The number of primary amides is 1. The van der Waals surface area contributed by atoms with E-state index in [0.717, 1.165) is 0 Å². The van der Waals surface area contributed by atoms with Gasteiger partial charge in [0.25, 0.3) is 5.91 Å². The van der Waals surface area contributed by atoms with Gasteiger partial charge in [0, 0.05) is 36.1 Å². The number of carbonyl (C=O) groups is 2. The number of hydrogen-bond acceptors (Lipinski definition) is 5. The van der Waals surface area contributed by atoms with Crippen LogP contribution in [0.4, 0.5) is 0 Å². The summed E-state index contributed by atoms with van der Waals surface area (Å²) in [5.74, 6) is 0.864. The molecule has 2 aromatic rings. The largest absolute Gasteiger partial charge is 0.493 e. The summed E-state index contributed by atoms with van der Waals surface area (Å²) < 4.78 is 5.93. The van der Waals surface area contributed by atoms with Crippen molar-refractivity contribution in [1.29, 1.82) is 0 Å². The second-order valence-corrected chi connectivity index (χ2v) is 8.03. The maximum absolute atomic E-state index is 12.9. The number of ether oxygens (including phenoxy) is 1. The van der Waals surface area contributed by atoms with Crippen LogP contribution >= 0.6 is 11.6 Å². The second kappa shape index (κ2) is 8.78. The molecule has 8 heteroatoms. The third-order valence-corrected chi connectivity index (χ3v) is 5.60. The number of likely N-dealkylation sites (tertiary alicyclic amines) is 1. The van der Waals surface area contributed by atoms with Crippen LogP contribution in [-0.4, -0.2) is 46.4 Å². The molecule has 2 heterocycles. The van der Waals surface area contributed by atoms with E-state index in [2.05, 4.69) is 9.97 Å². The van der Waals surface area contributed by atoms with Crippen LogP contribution in [0.2, 0.25) is 5.02 Å². The highest BCUT2D eigenvalue weighted by atomic mass is 35.5. The monoisotopic (exact) mass is 416 g/mol. The molecule has 154 valence electrons. The SMILES string of the molecule is Cc1ncc(C(=O)N2CCC(COc3ccc(Cl)cc3)(CC(N)=O)CC2)c(C)n1. The third kappa shape index (κ3) is 5.23. The molecule has 7 nitrogen and oxygen atoms in total. The Balaban J connectivity index is 1.67. The van der Waals surface area contributed by atoms with Crippen LogP contribution in [0.15, 0.2) is 30.5 Å². The van der Waals surface area contributed by atoms with E-state index in [9.17, 15) is 9.59 Å². The fourth-order valence-electron chi connectivity index (χ4n) is 3.66. The van der Waals surface area contributed by atoms with Crippen molar-refractivity contribution in [3.8, 4) is 5.75 Å². The van der Waals surface area contributed by atoms with Gasteiger partial charge in [0.05, 0.1) is 17.9 Å². The molecule has 29 heavy (non-hydrogen) atoms. The van der Waals surface area contributed by atoms with Crippen LogP contribution in [0, 0.1) is 19.3 Å². The van der Waals surface area contributed by atoms with Gasteiger partial charge in [-0.1, -0.05) is 11.6 Å². The Morgan fingerprint density at radius 3 is 2.45 bits per heavy atom. The van der Waals surface area contributed by atoms with Crippen LogP contribution in [-0.2, 0) is 4.79 Å². The molecular weight excluding hydrogens is 392 g/mol. The standard InChI is InChI=1S/C21H25ClN4O3/c1-14-18(12-24-15(2)25-14)20(28)26-9-7-21(8-10-26,11-19(23)27)13-29-17-5-3-16(22)4-6-17/h3-6,12H,7-11,13H2,1-2H3,(H2,23,27). The molecule has 0 aliphatic carbocycles. The quantitative estimate of drug-likeness (QED) is 0.780. The normalized spacial score (nSPS) is 15.8. The first-order chi connectivity index (χ1) is 13.8. The zero-order valence-corrected chi connectivity index (χ0v) is 17.4. The van der Waals surface area contributed by atoms with Crippen molar-refractivity contribution in [2.24, 2.45) is 11.1 Å². The van der Waals surface area contributed by atoms with Crippen LogP contribution in [0.5, 0.6) is 5.75 Å². The van der Waals surface area contributed by atoms with Gasteiger partial charge in [-0.3, -0.25) is 9.59 Å². The molecular formula is C21H25ClN4O3. The fraction of sp³-hybridized carbons (Fsp3) is 0.429. The minimum absolute atomic E-state index is 0.0891. The molecule has 0 bridgehead atoms. The summed E-state index contributed by atoms with van der Waals surface area (Å²) in [5.41, 5.74) is 6.28. The first-order valence-electron chi connectivity index (χ1n) is 9.54. The lowest BCUT2D eigenvalue weighted by Gasteiger charge is -2.41. The molecule has 0 radical (unpaired) electrons. The summed E-state index contributed by atoms with van der Waals surface area (Å²) in [7, 11) is 0. The topological polar surface area (TPSA) is 98.4 Å². The highest BCUT2D eigenvalue weighted by Gasteiger charge is 2.38. The average Bonchev–Trinajstić information content (AvgIpc) is 2.67. The number of nitrogens with two attached hydrogens (primary N) is 1. The molecule has 1 saturated heterocycles. The minimum atomic E-state index is -0.402. The number of piperidine rings is 1. The number of rotatable bonds is 6. The number of aryl methyl sites for hydroxylation is 2. The Hall–Kier alpha value is -2.67. The smallest absolute Gasteiger partial charge is 0.257 e. The van der Waals surface area contributed by atoms with Crippen molar-refractivity contribution in [3.63, 3.8) is 0 Å². The number of amides is 2. The predicted octanol–water partition coefficient (Wildman–Crippen LogP) is 2.92. The van der Waals surface area contributed by atoms with Gasteiger partial charge in [-0.15, -0.1) is 0 Å². The summed E-state index contributed by atoms with van der Waals surface area (Å²) in [6, 6.07) is 7.09. The lowest BCUT2D eigenvalue weighted by molar-refractivity contribution is -0.121. The highest BCUT2D eigenvalue weighted by molar-refractivity contribution is 6.30. The van der Waals surface area contributed by atoms with Crippen LogP contribution in [0.25, 0.3) is 0 Å². The number of benzene rings is 1. The molecule has 1 fully saturated rings. The first-order valence-corrected chi connectivity index (χ1v) is 9.92. The Bertz CT molecular complexity index is 893. The number of carbonyl (C=O) groups excluding carboxylic acids is 2. The van der Waals surface area contributed by atoms with Gasteiger partial charge in [0.2, 0.25) is 5.91 Å². The van der Waals surface area contributed by atoms with Crippen molar-refractivity contribution >= 4 is 23.4 Å². The Morgan fingerprint density at radius 1 is 1.21 bits per heavy atom. The van der Waals surface area contributed by atoms with Crippen LogP contribution < -0.4 is 10.5 Å². The molecule has 1 aromatic carbocycles. The minimum Gasteiger partial charge on any atom is -0.493 e. The van der Waals surface area contributed by atoms with Crippen molar-refractivity contribution in [2.75, 3.05) is 19.7 Å². The van der Waals surface area contributed by atoms with E-state index in [1.165, 1.54) is 0 Å². The van der Waals surface area contributed by atoms with E-state index in [1.807, 2.05) is 6.92 Å². The first kappa shape index (κ1) is 21.0. The molecule has 0 saturated carbocycles. The second-order valence-electron chi connectivity index (χ2n) is 7.59. The molecule has 2 N–H and O–H groups in total. The van der Waals surface area contributed by atoms with Crippen molar-refractivity contribution in [2.45, 2.75) is 33.1 Å². The van der Waals surface area contributed by atoms with E-state index in [0.29, 0.717) is 60.4 Å². The molecule has 1 aliphatic rings. The van der Waals surface area contributed by atoms with Crippen molar-refractivity contribution in [3.05, 3.63) is 52.6 Å². The van der Waals surface area contributed by atoms with Gasteiger partial charge in [-0.2, -0.15) is 0 Å². The molecule has 3 rings (SSSR count). The van der Waals surface area contributed by atoms with Gasteiger partial charge < -0.3 is 15.4 Å². The van der Waals surface area contributed by atoms with Gasteiger partial charge in [0.1, 0.15) is 11.6 Å². The average molecular weight is 417 g/mol. The Labute approximate surface area is 175 Å². The van der Waals surface area contributed by atoms with E-state index >= 15 is 0 Å². The van der Waals surface area contributed by atoms with E-state index in [-0.39, 0.29) is 18.2 Å². The molecule has 1 aromatic heterocycles. The fourth-order valence-corrected chi connectivity index (χ4v) is 3.78. The zero-order chi connectivity index (χ0) is 21.0. The number of aromatic nitrogens is 2. The van der Waals surface area contributed by atoms with Gasteiger partial charge in [0.15, 0.2) is 0 Å². The van der Waals surface area contributed by atoms with Crippen molar-refractivity contribution < 1.29 is 14.3 Å². The van der Waals surface area contributed by atoms with Gasteiger partial charge in [-0.05, 0) is 51.0 Å². The van der Waals surface area contributed by atoms with Crippen LogP contribution in [0.3, 0.4) is 0 Å². The lowest BCUT2D eigenvalue weighted by atomic mass is 9.76. The van der Waals surface area contributed by atoms with E-state index in [4.69, 9.17) is 22.1 Å². The molecule has 0 atom stereocenters. The van der Waals surface area contributed by atoms with Crippen LogP contribution in [0.1, 0.15) is 41.1 Å². The number of hydrogen-bond donors (Lipinski definition) is 1. The molecule has 2 amide bonds. The molecule has 0 spiro atoms. The van der Waals surface area contributed by atoms with E-state index in [1.54, 1.807) is 42.3 Å². The molecule has 1 aliphatic heterocycles.